The molecule has 0 fully saturated rings. The van der Waals surface area contributed by atoms with Crippen LogP contribution in [0.3, 0.4) is 0 Å². The zero-order valence-corrected chi connectivity index (χ0v) is 11.4. The van der Waals surface area contributed by atoms with Gasteiger partial charge >= 0.3 is 0 Å². The number of ether oxygens (including phenoxy) is 1. The van der Waals surface area contributed by atoms with Crippen molar-refractivity contribution in [2.45, 2.75) is 6.54 Å². The van der Waals surface area contributed by atoms with Gasteiger partial charge in [-0.1, -0.05) is 24.3 Å². The Labute approximate surface area is 117 Å². The third-order valence-corrected chi connectivity index (χ3v) is 3.07. The molecule has 1 N–H and O–H groups in total. The Morgan fingerprint density at radius 1 is 1.30 bits per heavy atom. The first-order valence-corrected chi connectivity index (χ1v) is 6.21. The smallest absolute Gasteiger partial charge is 0.141 e. The molecule has 0 aromatic heterocycles. The molecule has 0 aliphatic heterocycles. The summed E-state index contributed by atoms with van der Waals surface area (Å²) in [6.07, 6.45) is 0. The summed E-state index contributed by atoms with van der Waals surface area (Å²) in [5.74, 6) is 0.192. The zero-order valence-electron chi connectivity index (χ0n) is 11.4. The summed E-state index contributed by atoms with van der Waals surface area (Å²) in [6.45, 7) is 0.662. The highest BCUT2D eigenvalue weighted by molar-refractivity contribution is 5.72. The van der Waals surface area contributed by atoms with Crippen molar-refractivity contribution < 1.29 is 9.13 Å². The van der Waals surface area contributed by atoms with Gasteiger partial charge in [-0.05, 0) is 24.7 Å². The van der Waals surface area contributed by atoms with Gasteiger partial charge in [-0.25, -0.2) is 4.39 Å². The molecular formula is C16H15FN2O. The van der Waals surface area contributed by atoms with E-state index in [0.717, 1.165) is 11.1 Å². The van der Waals surface area contributed by atoms with Crippen LogP contribution in [0, 0.1) is 17.1 Å². The summed E-state index contributed by atoms with van der Waals surface area (Å²) < 4.78 is 19.2. The third-order valence-electron chi connectivity index (χ3n) is 3.07. The molecule has 0 heterocycles. The van der Waals surface area contributed by atoms with E-state index >= 15 is 0 Å². The fourth-order valence-electron chi connectivity index (χ4n) is 2.16. The van der Waals surface area contributed by atoms with Gasteiger partial charge < -0.3 is 10.1 Å². The molecule has 20 heavy (non-hydrogen) atoms. The van der Waals surface area contributed by atoms with Gasteiger partial charge in [0.1, 0.15) is 17.6 Å². The molecule has 0 saturated carbocycles. The number of methoxy groups -OCH3 is 1. The van der Waals surface area contributed by atoms with Gasteiger partial charge in [-0.3, -0.25) is 0 Å². The summed E-state index contributed by atoms with van der Waals surface area (Å²) in [4.78, 5) is 0. The molecule has 0 spiro atoms. The van der Waals surface area contributed by atoms with Gasteiger partial charge in [0.25, 0.3) is 0 Å². The lowest BCUT2D eigenvalue weighted by atomic mass is 10.00. The van der Waals surface area contributed by atoms with Crippen LogP contribution in [-0.4, -0.2) is 14.2 Å². The Morgan fingerprint density at radius 2 is 2.10 bits per heavy atom. The number of halogens is 1. The molecule has 102 valence electrons. The van der Waals surface area contributed by atoms with Crippen LogP contribution in [0.15, 0.2) is 36.4 Å². The normalized spacial score (nSPS) is 10.1. The summed E-state index contributed by atoms with van der Waals surface area (Å²) in [5, 5.41) is 11.8. The van der Waals surface area contributed by atoms with E-state index in [9.17, 15) is 4.39 Å². The van der Waals surface area contributed by atoms with Crippen LogP contribution in [0.25, 0.3) is 11.1 Å². The molecule has 3 nitrogen and oxygen atoms in total. The molecule has 0 amide bonds. The molecule has 2 rings (SSSR count). The van der Waals surface area contributed by atoms with Gasteiger partial charge in [-0.2, -0.15) is 5.26 Å². The van der Waals surface area contributed by atoms with Crippen LogP contribution < -0.4 is 10.1 Å². The molecule has 0 saturated heterocycles. The first kappa shape index (κ1) is 14.0. The predicted molar refractivity (Wildman–Crippen MR) is 75.9 cm³/mol. The van der Waals surface area contributed by atoms with Crippen molar-refractivity contribution in [2.24, 2.45) is 0 Å². The average molecular weight is 270 g/mol. The Bertz CT molecular complexity index is 662. The van der Waals surface area contributed by atoms with E-state index in [-0.39, 0.29) is 5.56 Å². The second kappa shape index (κ2) is 6.18. The second-order valence-electron chi connectivity index (χ2n) is 4.33. The standard InChI is InChI=1S/C16H15FN2O/c1-19-10-13-4-3-5-14(16(13)20-2)11-6-7-12(9-18)15(17)8-11/h3-8,19H,10H2,1-2H3. The summed E-state index contributed by atoms with van der Waals surface area (Å²) in [6, 6.07) is 12.1. The van der Waals surface area contributed by atoms with Crippen molar-refractivity contribution in [1.82, 2.24) is 5.32 Å². The number of nitrogens with zero attached hydrogens (tertiary/aromatic N) is 1. The third kappa shape index (κ3) is 2.63. The Balaban J connectivity index is 2.55. The topological polar surface area (TPSA) is 45.0 Å². The minimum atomic E-state index is -0.522. The van der Waals surface area contributed by atoms with Gasteiger partial charge in [-0.15, -0.1) is 0 Å². The quantitative estimate of drug-likeness (QED) is 0.928. The van der Waals surface area contributed by atoms with Crippen molar-refractivity contribution >= 4 is 0 Å². The van der Waals surface area contributed by atoms with Crippen LogP contribution in [0.1, 0.15) is 11.1 Å². The summed E-state index contributed by atoms with van der Waals surface area (Å²) in [5.41, 5.74) is 2.54. The number of benzene rings is 2. The number of para-hydroxylation sites is 1. The van der Waals surface area contributed by atoms with E-state index in [1.165, 1.54) is 12.1 Å². The largest absolute Gasteiger partial charge is 0.496 e. The second-order valence-corrected chi connectivity index (χ2v) is 4.33. The van der Waals surface area contributed by atoms with Crippen LogP contribution >= 0.6 is 0 Å². The number of rotatable bonds is 4. The van der Waals surface area contributed by atoms with E-state index in [1.54, 1.807) is 13.2 Å². The van der Waals surface area contributed by atoms with Gasteiger partial charge in [0.05, 0.1) is 12.7 Å². The SMILES string of the molecule is CNCc1cccc(-c2ccc(C#N)c(F)c2)c1OC. The van der Waals surface area contributed by atoms with Crippen LogP contribution in [0.2, 0.25) is 0 Å². The number of nitriles is 1. The summed E-state index contributed by atoms with van der Waals surface area (Å²) in [7, 11) is 3.45. The van der Waals surface area contributed by atoms with Crippen molar-refractivity contribution in [2.75, 3.05) is 14.2 Å². The number of hydrogen-bond acceptors (Lipinski definition) is 3. The Kier molecular flexibility index (Phi) is 4.34. The van der Waals surface area contributed by atoms with Crippen molar-refractivity contribution in [3.05, 3.63) is 53.3 Å². The van der Waals surface area contributed by atoms with Crippen LogP contribution in [0.5, 0.6) is 5.75 Å². The monoisotopic (exact) mass is 270 g/mol. The van der Waals surface area contributed by atoms with E-state index in [1.807, 2.05) is 31.3 Å². The lowest BCUT2D eigenvalue weighted by molar-refractivity contribution is 0.410. The van der Waals surface area contributed by atoms with Crippen molar-refractivity contribution in [3.8, 4) is 22.9 Å². The molecule has 0 radical (unpaired) electrons. The fraction of sp³-hybridized carbons (Fsp3) is 0.188. The maximum Gasteiger partial charge on any atom is 0.141 e. The number of nitrogens with one attached hydrogen (secondary N) is 1. The van der Waals surface area contributed by atoms with E-state index in [4.69, 9.17) is 10.00 Å². The molecule has 2 aromatic rings. The van der Waals surface area contributed by atoms with Crippen LogP contribution in [0.4, 0.5) is 4.39 Å². The maximum atomic E-state index is 13.7. The number of hydrogen-bond donors (Lipinski definition) is 1. The maximum absolute atomic E-state index is 13.7. The molecule has 2 aromatic carbocycles. The van der Waals surface area contributed by atoms with E-state index in [2.05, 4.69) is 5.32 Å². The molecule has 0 bridgehead atoms. The van der Waals surface area contributed by atoms with Crippen molar-refractivity contribution in [3.63, 3.8) is 0 Å². The minimum Gasteiger partial charge on any atom is -0.496 e. The molecular weight excluding hydrogens is 255 g/mol. The van der Waals surface area contributed by atoms with Crippen LogP contribution in [-0.2, 0) is 6.54 Å². The Morgan fingerprint density at radius 3 is 2.70 bits per heavy atom. The first-order valence-electron chi connectivity index (χ1n) is 6.21. The molecule has 0 atom stereocenters. The average Bonchev–Trinajstić information content (AvgIpc) is 2.47. The fourth-order valence-corrected chi connectivity index (χ4v) is 2.16. The molecule has 0 unspecified atom stereocenters. The van der Waals surface area contributed by atoms with E-state index < -0.39 is 5.82 Å². The first-order chi connectivity index (χ1) is 9.71. The highest BCUT2D eigenvalue weighted by atomic mass is 19.1. The molecule has 0 aliphatic rings. The van der Waals surface area contributed by atoms with E-state index in [0.29, 0.717) is 17.9 Å². The van der Waals surface area contributed by atoms with Gasteiger partial charge in [0.15, 0.2) is 0 Å². The minimum absolute atomic E-state index is 0.0408. The zero-order chi connectivity index (χ0) is 14.5. The molecule has 4 heteroatoms. The van der Waals surface area contributed by atoms with Gasteiger partial charge in [0, 0.05) is 17.7 Å². The lowest BCUT2D eigenvalue weighted by Crippen LogP contribution is -2.07. The Hall–Kier alpha value is -2.38. The van der Waals surface area contributed by atoms with Crippen molar-refractivity contribution in [1.29, 1.82) is 5.26 Å². The lowest BCUT2D eigenvalue weighted by Gasteiger charge is -2.13. The highest BCUT2D eigenvalue weighted by Crippen LogP contribution is 2.33. The highest BCUT2D eigenvalue weighted by Gasteiger charge is 2.12. The molecule has 0 aliphatic carbocycles. The summed E-state index contributed by atoms with van der Waals surface area (Å²) >= 11 is 0. The predicted octanol–water partition coefficient (Wildman–Crippen LogP) is 3.09. The van der Waals surface area contributed by atoms with Gasteiger partial charge in [0.2, 0.25) is 0 Å².